The molecule has 2 rings (SSSR count). The molecule has 0 bridgehead atoms. The zero-order valence-electron chi connectivity index (χ0n) is 11.1. The standard InChI is InChI=1S/C13H14N2O4S/c1-8-9(2)20-13(14-8)7-19-12-4-3-10(6-16)5-11(12)15(17)18/h3-5,16H,6-7H2,1-2H3. The van der Waals surface area contributed by atoms with Crippen molar-refractivity contribution in [2.24, 2.45) is 0 Å². The molecule has 0 saturated heterocycles. The van der Waals surface area contributed by atoms with Gasteiger partial charge in [-0.1, -0.05) is 6.07 Å². The first-order valence-corrected chi connectivity index (χ1v) is 6.76. The van der Waals surface area contributed by atoms with Crippen LogP contribution in [0, 0.1) is 24.0 Å². The Morgan fingerprint density at radius 3 is 2.75 bits per heavy atom. The Labute approximate surface area is 119 Å². The normalized spacial score (nSPS) is 10.6. The number of aliphatic hydroxyl groups is 1. The summed E-state index contributed by atoms with van der Waals surface area (Å²) in [4.78, 5) is 15.9. The predicted octanol–water partition coefficient (Wildman–Crippen LogP) is 2.74. The minimum atomic E-state index is -0.521. The molecular weight excluding hydrogens is 280 g/mol. The van der Waals surface area contributed by atoms with Crippen molar-refractivity contribution in [1.29, 1.82) is 0 Å². The van der Waals surface area contributed by atoms with E-state index < -0.39 is 4.92 Å². The molecule has 1 aromatic heterocycles. The SMILES string of the molecule is Cc1nc(COc2ccc(CO)cc2[N+](=O)[O-])sc1C. The van der Waals surface area contributed by atoms with Crippen LogP contribution in [-0.2, 0) is 13.2 Å². The number of hydrogen-bond donors (Lipinski definition) is 1. The van der Waals surface area contributed by atoms with E-state index in [9.17, 15) is 10.1 Å². The van der Waals surface area contributed by atoms with Gasteiger partial charge in [-0.3, -0.25) is 10.1 Å². The van der Waals surface area contributed by atoms with Gasteiger partial charge < -0.3 is 9.84 Å². The summed E-state index contributed by atoms with van der Waals surface area (Å²) < 4.78 is 5.48. The number of nitro benzene ring substituents is 1. The Bertz CT molecular complexity index is 620. The first kappa shape index (κ1) is 14.4. The molecule has 0 unspecified atom stereocenters. The Kier molecular flexibility index (Phi) is 4.31. The highest BCUT2D eigenvalue weighted by Gasteiger charge is 2.16. The molecule has 2 aromatic rings. The molecule has 1 aromatic carbocycles. The topological polar surface area (TPSA) is 85.5 Å². The number of benzene rings is 1. The Morgan fingerprint density at radius 1 is 1.45 bits per heavy atom. The second-order valence-electron chi connectivity index (χ2n) is 4.26. The van der Waals surface area contributed by atoms with E-state index in [0.717, 1.165) is 15.6 Å². The van der Waals surface area contributed by atoms with E-state index in [4.69, 9.17) is 9.84 Å². The first-order valence-electron chi connectivity index (χ1n) is 5.95. The second-order valence-corrected chi connectivity index (χ2v) is 5.54. The monoisotopic (exact) mass is 294 g/mol. The second kappa shape index (κ2) is 5.98. The smallest absolute Gasteiger partial charge is 0.311 e. The number of hydrogen-bond acceptors (Lipinski definition) is 6. The van der Waals surface area contributed by atoms with Crippen molar-refractivity contribution in [3.05, 3.63) is 49.5 Å². The van der Waals surface area contributed by atoms with Crippen LogP contribution in [0.1, 0.15) is 21.1 Å². The molecule has 0 aliphatic carbocycles. The average Bonchev–Trinajstić information content (AvgIpc) is 2.75. The van der Waals surface area contributed by atoms with Crippen LogP contribution in [0.15, 0.2) is 18.2 Å². The fourth-order valence-electron chi connectivity index (χ4n) is 1.67. The van der Waals surface area contributed by atoms with Crippen molar-refractivity contribution in [2.45, 2.75) is 27.1 Å². The third-order valence-electron chi connectivity index (χ3n) is 2.83. The first-order chi connectivity index (χ1) is 9.51. The fraction of sp³-hybridized carbons (Fsp3) is 0.308. The van der Waals surface area contributed by atoms with Crippen molar-refractivity contribution in [1.82, 2.24) is 4.98 Å². The van der Waals surface area contributed by atoms with E-state index in [1.807, 2.05) is 13.8 Å². The van der Waals surface area contributed by atoms with Crippen LogP contribution in [-0.4, -0.2) is 15.0 Å². The molecule has 0 aliphatic rings. The van der Waals surface area contributed by atoms with Gasteiger partial charge in [-0.15, -0.1) is 11.3 Å². The highest BCUT2D eigenvalue weighted by molar-refractivity contribution is 7.11. The number of ether oxygens (including phenoxy) is 1. The Morgan fingerprint density at radius 2 is 2.20 bits per heavy atom. The molecule has 0 amide bonds. The van der Waals surface area contributed by atoms with Crippen molar-refractivity contribution < 1.29 is 14.8 Å². The summed E-state index contributed by atoms with van der Waals surface area (Å²) in [5.74, 6) is 0.178. The maximum atomic E-state index is 11.0. The number of nitro groups is 1. The minimum absolute atomic E-state index is 0.151. The van der Waals surface area contributed by atoms with Gasteiger partial charge in [0.15, 0.2) is 5.75 Å². The number of aryl methyl sites for hydroxylation is 2. The zero-order valence-corrected chi connectivity index (χ0v) is 11.9. The molecule has 0 fully saturated rings. The van der Waals surface area contributed by atoms with Gasteiger partial charge in [0.25, 0.3) is 0 Å². The number of rotatable bonds is 5. The summed E-state index contributed by atoms with van der Waals surface area (Å²) in [5.41, 5.74) is 1.27. The largest absolute Gasteiger partial charge is 0.479 e. The van der Waals surface area contributed by atoms with Crippen LogP contribution >= 0.6 is 11.3 Å². The lowest BCUT2D eigenvalue weighted by Crippen LogP contribution is -2.00. The summed E-state index contributed by atoms with van der Waals surface area (Å²) in [6.45, 7) is 3.83. The van der Waals surface area contributed by atoms with Gasteiger partial charge in [-0.25, -0.2) is 4.98 Å². The Balaban J connectivity index is 2.18. The van der Waals surface area contributed by atoms with E-state index in [0.29, 0.717) is 5.56 Å². The molecule has 1 heterocycles. The lowest BCUT2D eigenvalue weighted by Gasteiger charge is -2.06. The van der Waals surface area contributed by atoms with Crippen LogP contribution in [0.3, 0.4) is 0 Å². The average molecular weight is 294 g/mol. The summed E-state index contributed by atoms with van der Waals surface area (Å²) in [6, 6.07) is 4.41. The van der Waals surface area contributed by atoms with Crippen molar-refractivity contribution >= 4 is 17.0 Å². The van der Waals surface area contributed by atoms with Gasteiger partial charge in [0.2, 0.25) is 0 Å². The van der Waals surface area contributed by atoms with E-state index in [-0.39, 0.29) is 24.7 Å². The summed E-state index contributed by atoms with van der Waals surface area (Å²) in [5, 5.41) is 20.8. The van der Waals surface area contributed by atoms with Crippen LogP contribution in [0.25, 0.3) is 0 Å². The highest BCUT2D eigenvalue weighted by atomic mass is 32.1. The summed E-state index contributed by atoms with van der Waals surface area (Å²) in [7, 11) is 0. The number of aromatic nitrogens is 1. The Hall–Kier alpha value is -1.99. The van der Waals surface area contributed by atoms with E-state index in [1.165, 1.54) is 23.5 Å². The zero-order chi connectivity index (χ0) is 14.7. The molecule has 1 N–H and O–H groups in total. The third kappa shape index (κ3) is 3.12. The quantitative estimate of drug-likeness (QED) is 0.677. The fourth-order valence-corrected chi connectivity index (χ4v) is 2.51. The molecular formula is C13H14N2O4S. The highest BCUT2D eigenvalue weighted by Crippen LogP contribution is 2.29. The van der Waals surface area contributed by atoms with Crippen molar-refractivity contribution in [3.63, 3.8) is 0 Å². The van der Waals surface area contributed by atoms with Gasteiger partial charge >= 0.3 is 5.69 Å². The molecule has 7 heteroatoms. The molecule has 0 radical (unpaired) electrons. The summed E-state index contributed by atoms with van der Waals surface area (Å²) in [6.07, 6.45) is 0. The minimum Gasteiger partial charge on any atom is -0.479 e. The van der Waals surface area contributed by atoms with Crippen molar-refractivity contribution in [3.8, 4) is 5.75 Å². The maximum absolute atomic E-state index is 11.0. The number of thiazole rings is 1. The molecule has 0 spiro atoms. The lowest BCUT2D eigenvalue weighted by molar-refractivity contribution is -0.386. The number of aliphatic hydroxyl groups excluding tert-OH is 1. The maximum Gasteiger partial charge on any atom is 0.311 e. The third-order valence-corrected chi connectivity index (χ3v) is 3.87. The molecule has 106 valence electrons. The molecule has 0 aliphatic heterocycles. The molecule has 20 heavy (non-hydrogen) atoms. The van der Waals surface area contributed by atoms with Gasteiger partial charge in [0, 0.05) is 10.9 Å². The predicted molar refractivity (Wildman–Crippen MR) is 74.9 cm³/mol. The molecule has 0 atom stereocenters. The van der Waals surface area contributed by atoms with E-state index in [1.54, 1.807) is 6.07 Å². The van der Waals surface area contributed by atoms with Gasteiger partial charge in [-0.05, 0) is 25.5 Å². The van der Waals surface area contributed by atoms with Crippen LogP contribution < -0.4 is 4.74 Å². The molecule has 6 nitrogen and oxygen atoms in total. The lowest BCUT2D eigenvalue weighted by atomic mass is 10.2. The van der Waals surface area contributed by atoms with Crippen LogP contribution in [0.4, 0.5) is 5.69 Å². The molecule has 0 saturated carbocycles. The summed E-state index contributed by atoms with van der Waals surface area (Å²) >= 11 is 1.51. The van der Waals surface area contributed by atoms with E-state index >= 15 is 0 Å². The number of nitrogens with zero attached hydrogens (tertiary/aromatic N) is 2. The van der Waals surface area contributed by atoms with Crippen LogP contribution in [0.5, 0.6) is 5.75 Å². The van der Waals surface area contributed by atoms with E-state index in [2.05, 4.69) is 4.98 Å². The van der Waals surface area contributed by atoms with Gasteiger partial charge in [0.1, 0.15) is 11.6 Å². The van der Waals surface area contributed by atoms with Crippen molar-refractivity contribution in [2.75, 3.05) is 0 Å². The van der Waals surface area contributed by atoms with Gasteiger partial charge in [-0.2, -0.15) is 0 Å². The van der Waals surface area contributed by atoms with Gasteiger partial charge in [0.05, 0.1) is 17.2 Å². The van der Waals surface area contributed by atoms with Crippen LogP contribution in [0.2, 0.25) is 0 Å².